The molecule has 1 heterocycles. The summed E-state index contributed by atoms with van der Waals surface area (Å²) in [4.78, 5) is 0. The van der Waals surface area contributed by atoms with E-state index in [2.05, 4.69) is 0 Å². The second-order valence-electron chi connectivity index (χ2n) is 3.99. The van der Waals surface area contributed by atoms with Crippen LogP contribution in [0, 0.1) is 0 Å². The number of hydrogen-bond donors (Lipinski definition) is 1. The summed E-state index contributed by atoms with van der Waals surface area (Å²) in [5.74, 6) is 0. The molecule has 1 saturated carbocycles. The second kappa shape index (κ2) is 2.76. The smallest absolute Gasteiger partial charge is 0.0697 e. The van der Waals surface area contributed by atoms with Gasteiger partial charge in [-0.05, 0) is 25.7 Å². The van der Waals surface area contributed by atoms with Gasteiger partial charge in [0.05, 0.1) is 5.60 Å². The fraction of sp³-hybridized carbons (Fsp3) is 1.00. The first-order valence-electron chi connectivity index (χ1n) is 4.70. The molecule has 64 valence electrons. The van der Waals surface area contributed by atoms with Crippen LogP contribution in [0.4, 0.5) is 0 Å². The minimum Gasteiger partial charge on any atom is -0.375 e. The molecule has 1 aliphatic heterocycles. The summed E-state index contributed by atoms with van der Waals surface area (Å²) in [6.07, 6.45) is 7.34. The van der Waals surface area contributed by atoms with E-state index in [9.17, 15) is 0 Å². The Morgan fingerprint density at radius 2 is 2.00 bits per heavy atom. The summed E-state index contributed by atoms with van der Waals surface area (Å²) in [5.41, 5.74) is 6.13. The summed E-state index contributed by atoms with van der Waals surface area (Å²) < 4.78 is 5.82. The van der Waals surface area contributed by atoms with Crippen LogP contribution in [0.3, 0.4) is 0 Å². The maximum Gasteiger partial charge on any atom is 0.0697 e. The molecule has 2 heteroatoms. The van der Waals surface area contributed by atoms with Crippen LogP contribution < -0.4 is 5.73 Å². The SMILES string of the molecule is N[C@@H]1CCOC2(CCCC2)C1. The molecule has 1 atom stereocenters. The van der Waals surface area contributed by atoms with Crippen LogP contribution in [0.5, 0.6) is 0 Å². The lowest BCUT2D eigenvalue weighted by molar-refractivity contribution is -0.0790. The highest BCUT2D eigenvalue weighted by molar-refractivity contribution is 4.92. The molecule has 0 bridgehead atoms. The Balaban J connectivity index is 2.00. The lowest BCUT2D eigenvalue weighted by Gasteiger charge is -2.36. The van der Waals surface area contributed by atoms with Gasteiger partial charge in [0, 0.05) is 12.6 Å². The quantitative estimate of drug-likeness (QED) is 0.574. The molecule has 2 aliphatic rings. The lowest BCUT2D eigenvalue weighted by Crippen LogP contribution is -2.43. The van der Waals surface area contributed by atoms with Crippen LogP contribution in [0.25, 0.3) is 0 Å². The fourth-order valence-electron chi connectivity index (χ4n) is 2.43. The molecule has 2 fully saturated rings. The average Bonchev–Trinajstić information content (AvgIpc) is 2.37. The van der Waals surface area contributed by atoms with Gasteiger partial charge in [0.1, 0.15) is 0 Å². The molecular weight excluding hydrogens is 138 g/mol. The normalized spacial score (nSPS) is 36.3. The highest BCUT2D eigenvalue weighted by Gasteiger charge is 2.38. The van der Waals surface area contributed by atoms with Crippen molar-refractivity contribution in [2.45, 2.75) is 50.2 Å². The largest absolute Gasteiger partial charge is 0.375 e. The zero-order chi connectivity index (χ0) is 7.73. The zero-order valence-electron chi connectivity index (χ0n) is 7.01. The van der Waals surface area contributed by atoms with E-state index in [0.29, 0.717) is 6.04 Å². The number of rotatable bonds is 0. The van der Waals surface area contributed by atoms with Crippen LogP contribution in [0.1, 0.15) is 38.5 Å². The molecule has 1 saturated heterocycles. The molecule has 2 rings (SSSR count). The van der Waals surface area contributed by atoms with Crippen molar-refractivity contribution in [1.82, 2.24) is 0 Å². The molecule has 0 aromatic heterocycles. The van der Waals surface area contributed by atoms with Crippen molar-refractivity contribution in [3.8, 4) is 0 Å². The van der Waals surface area contributed by atoms with Crippen LogP contribution in [-0.4, -0.2) is 18.2 Å². The maximum atomic E-state index is 5.91. The van der Waals surface area contributed by atoms with Crippen molar-refractivity contribution in [1.29, 1.82) is 0 Å². The van der Waals surface area contributed by atoms with Gasteiger partial charge in [-0.2, -0.15) is 0 Å². The van der Waals surface area contributed by atoms with Gasteiger partial charge in [-0.3, -0.25) is 0 Å². The van der Waals surface area contributed by atoms with Crippen LogP contribution in [0.2, 0.25) is 0 Å². The summed E-state index contributed by atoms with van der Waals surface area (Å²) in [6, 6.07) is 0.404. The Labute approximate surface area is 68.1 Å². The third-order valence-electron chi connectivity index (χ3n) is 3.05. The summed E-state index contributed by atoms with van der Waals surface area (Å²) >= 11 is 0. The Bertz CT molecular complexity index is 140. The molecule has 0 aromatic carbocycles. The third kappa shape index (κ3) is 1.42. The third-order valence-corrected chi connectivity index (χ3v) is 3.05. The summed E-state index contributed by atoms with van der Waals surface area (Å²) in [7, 11) is 0. The van der Waals surface area contributed by atoms with Gasteiger partial charge in [-0.25, -0.2) is 0 Å². The first kappa shape index (κ1) is 7.56. The van der Waals surface area contributed by atoms with Crippen molar-refractivity contribution < 1.29 is 4.74 Å². The van der Waals surface area contributed by atoms with E-state index < -0.39 is 0 Å². The van der Waals surface area contributed by atoms with Crippen molar-refractivity contribution in [3.63, 3.8) is 0 Å². The van der Waals surface area contributed by atoms with Gasteiger partial charge >= 0.3 is 0 Å². The van der Waals surface area contributed by atoms with E-state index in [1.165, 1.54) is 25.7 Å². The lowest BCUT2D eigenvalue weighted by atomic mass is 9.89. The Morgan fingerprint density at radius 3 is 2.64 bits per heavy atom. The Kier molecular flexibility index (Phi) is 1.90. The molecule has 11 heavy (non-hydrogen) atoms. The predicted molar refractivity (Wildman–Crippen MR) is 44.4 cm³/mol. The van der Waals surface area contributed by atoms with Crippen LogP contribution in [0.15, 0.2) is 0 Å². The number of nitrogens with two attached hydrogens (primary N) is 1. The molecule has 1 spiro atoms. The molecular formula is C9H17NO. The fourth-order valence-corrected chi connectivity index (χ4v) is 2.43. The van der Waals surface area contributed by atoms with Crippen molar-refractivity contribution in [2.75, 3.05) is 6.61 Å². The van der Waals surface area contributed by atoms with Gasteiger partial charge in [-0.15, -0.1) is 0 Å². The standard InChI is InChI=1S/C9H17NO/c10-8-3-6-11-9(7-8)4-1-2-5-9/h8H,1-7,10H2/t8-/m1/s1. The molecule has 2 N–H and O–H groups in total. The predicted octanol–water partition coefficient (Wildman–Crippen LogP) is 1.44. The molecule has 1 aliphatic carbocycles. The number of hydrogen-bond acceptors (Lipinski definition) is 2. The zero-order valence-corrected chi connectivity index (χ0v) is 7.01. The summed E-state index contributed by atoms with van der Waals surface area (Å²) in [6.45, 7) is 0.890. The van der Waals surface area contributed by atoms with E-state index in [0.717, 1.165) is 19.4 Å². The second-order valence-corrected chi connectivity index (χ2v) is 3.99. The molecule has 0 aromatic rings. The van der Waals surface area contributed by atoms with E-state index in [1.54, 1.807) is 0 Å². The average molecular weight is 155 g/mol. The van der Waals surface area contributed by atoms with E-state index >= 15 is 0 Å². The minimum absolute atomic E-state index is 0.220. The minimum atomic E-state index is 0.220. The Hall–Kier alpha value is -0.0800. The Morgan fingerprint density at radius 1 is 1.27 bits per heavy atom. The highest BCUT2D eigenvalue weighted by atomic mass is 16.5. The van der Waals surface area contributed by atoms with Crippen molar-refractivity contribution >= 4 is 0 Å². The van der Waals surface area contributed by atoms with Gasteiger partial charge < -0.3 is 10.5 Å². The van der Waals surface area contributed by atoms with Crippen molar-refractivity contribution in [3.05, 3.63) is 0 Å². The first-order valence-corrected chi connectivity index (χ1v) is 4.70. The first-order chi connectivity index (χ1) is 5.31. The van der Waals surface area contributed by atoms with E-state index in [1.807, 2.05) is 0 Å². The summed E-state index contributed by atoms with van der Waals surface area (Å²) in [5, 5.41) is 0. The van der Waals surface area contributed by atoms with E-state index in [4.69, 9.17) is 10.5 Å². The van der Waals surface area contributed by atoms with Crippen LogP contribution >= 0.6 is 0 Å². The monoisotopic (exact) mass is 155 g/mol. The van der Waals surface area contributed by atoms with E-state index in [-0.39, 0.29) is 5.60 Å². The number of ether oxygens (including phenoxy) is 1. The van der Waals surface area contributed by atoms with Gasteiger partial charge in [-0.1, -0.05) is 12.8 Å². The van der Waals surface area contributed by atoms with Gasteiger partial charge in [0.25, 0.3) is 0 Å². The molecule has 0 radical (unpaired) electrons. The maximum absolute atomic E-state index is 5.91. The highest BCUT2D eigenvalue weighted by Crippen LogP contribution is 2.39. The molecule has 0 amide bonds. The van der Waals surface area contributed by atoms with Gasteiger partial charge in [0.15, 0.2) is 0 Å². The van der Waals surface area contributed by atoms with Gasteiger partial charge in [0.2, 0.25) is 0 Å². The molecule has 2 nitrogen and oxygen atoms in total. The van der Waals surface area contributed by atoms with Crippen LogP contribution in [-0.2, 0) is 4.74 Å². The van der Waals surface area contributed by atoms with Crippen molar-refractivity contribution in [2.24, 2.45) is 5.73 Å². The topological polar surface area (TPSA) is 35.2 Å². The molecule has 0 unspecified atom stereocenters.